The van der Waals surface area contributed by atoms with Crippen molar-refractivity contribution in [1.82, 2.24) is 16.3 Å². The van der Waals surface area contributed by atoms with Crippen molar-refractivity contribution in [3.63, 3.8) is 0 Å². The standard InChI is InChI=1S/C15H18N4O4/c1-3-23-12-6-4-5-10(14(12)21)8-16-18-13(20)7-11-9(2)17-19-15(11)22/h4-6,8,11,17,21H,2-3,7H2,1H3,(H,18,20)(H,19,22). The fraction of sp³-hybridized carbons (Fsp3) is 0.267. The van der Waals surface area contributed by atoms with Crippen molar-refractivity contribution in [3.05, 3.63) is 36.0 Å². The fourth-order valence-electron chi connectivity index (χ4n) is 2.01. The van der Waals surface area contributed by atoms with E-state index < -0.39 is 11.8 Å². The van der Waals surface area contributed by atoms with Crippen LogP contribution in [0.2, 0.25) is 0 Å². The van der Waals surface area contributed by atoms with E-state index in [4.69, 9.17) is 4.74 Å². The van der Waals surface area contributed by atoms with Gasteiger partial charge in [-0.05, 0) is 19.1 Å². The van der Waals surface area contributed by atoms with Gasteiger partial charge < -0.3 is 15.3 Å². The van der Waals surface area contributed by atoms with Crippen LogP contribution in [0.3, 0.4) is 0 Å². The molecule has 23 heavy (non-hydrogen) atoms. The number of nitrogens with zero attached hydrogens (tertiary/aromatic N) is 1. The Kier molecular flexibility index (Phi) is 5.19. The SMILES string of the molecule is C=C1NNC(=O)C1CC(=O)NN=Cc1cccc(OCC)c1O. The van der Waals surface area contributed by atoms with Gasteiger partial charge in [-0.2, -0.15) is 5.10 Å². The number of amides is 2. The van der Waals surface area contributed by atoms with Crippen LogP contribution in [0.15, 0.2) is 35.6 Å². The molecule has 1 unspecified atom stereocenters. The number of hydrogen-bond donors (Lipinski definition) is 4. The quantitative estimate of drug-likeness (QED) is 0.448. The van der Waals surface area contributed by atoms with Gasteiger partial charge in [0.15, 0.2) is 11.5 Å². The number of phenolic OH excluding ortho intramolecular Hbond substituents is 1. The van der Waals surface area contributed by atoms with Crippen LogP contribution in [0.1, 0.15) is 18.9 Å². The first-order valence-electron chi connectivity index (χ1n) is 7.04. The minimum absolute atomic E-state index is 0.0555. The van der Waals surface area contributed by atoms with Gasteiger partial charge in [0.25, 0.3) is 0 Å². The summed E-state index contributed by atoms with van der Waals surface area (Å²) in [6.07, 6.45) is 1.23. The summed E-state index contributed by atoms with van der Waals surface area (Å²) in [5.41, 5.74) is 8.10. The maximum absolute atomic E-state index is 11.8. The Labute approximate surface area is 133 Å². The van der Waals surface area contributed by atoms with Crippen molar-refractivity contribution < 1.29 is 19.4 Å². The molecule has 122 valence electrons. The molecular weight excluding hydrogens is 300 g/mol. The number of rotatable bonds is 6. The first kappa shape index (κ1) is 16.3. The third-order valence-corrected chi connectivity index (χ3v) is 3.20. The van der Waals surface area contributed by atoms with Gasteiger partial charge in [-0.3, -0.25) is 15.0 Å². The minimum atomic E-state index is -0.625. The first-order valence-corrected chi connectivity index (χ1v) is 7.04. The molecule has 1 aromatic rings. The second-order valence-corrected chi connectivity index (χ2v) is 4.82. The molecule has 1 atom stereocenters. The molecule has 1 heterocycles. The molecule has 2 amide bonds. The smallest absolute Gasteiger partial charge is 0.247 e. The van der Waals surface area contributed by atoms with Crippen LogP contribution in [-0.2, 0) is 9.59 Å². The fourth-order valence-corrected chi connectivity index (χ4v) is 2.01. The largest absolute Gasteiger partial charge is 0.504 e. The van der Waals surface area contributed by atoms with Gasteiger partial charge in [-0.15, -0.1) is 0 Å². The zero-order chi connectivity index (χ0) is 16.8. The van der Waals surface area contributed by atoms with Gasteiger partial charge in [0.1, 0.15) is 0 Å². The summed E-state index contributed by atoms with van der Waals surface area (Å²) in [6, 6.07) is 4.96. The molecule has 0 bridgehead atoms. The zero-order valence-corrected chi connectivity index (χ0v) is 12.6. The Bertz CT molecular complexity index is 641. The summed E-state index contributed by atoms with van der Waals surface area (Å²) in [5.74, 6) is -1.09. The van der Waals surface area contributed by atoms with Gasteiger partial charge in [0.05, 0.1) is 18.7 Å². The molecule has 0 spiro atoms. The molecule has 8 heteroatoms. The Hall–Kier alpha value is -3.03. The highest BCUT2D eigenvalue weighted by Crippen LogP contribution is 2.28. The molecule has 1 aliphatic rings. The average Bonchev–Trinajstić information content (AvgIpc) is 2.83. The van der Waals surface area contributed by atoms with Crippen LogP contribution in [0.25, 0.3) is 0 Å². The van der Waals surface area contributed by atoms with Crippen molar-refractivity contribution in [2.75, 3.05) is 6.61 Å². The monoisotopic (exact) mass is 318 g/mol. The number of hydrogen-bond acceptors (Lipinski definition) is 6. The van der Waals surface area contributed by atoms with Crippen LogP contribution >= 0.6 is 0 Å². The summed E-state index contributed by atoms with van der Waals surface area (Å²) in [4.78, 5) is 23.2. The minimum Gasteiger partial charge on any atom is -0.504 e. The summed E-state index contributed by atoms with van der Waals surface area (Å²) in [7, 11) is 0. The van der Waals surface area contributed by atoms with Crippen LogP contribution < -0.4 is 21.0 Å². The Morgan fingerprint density at radius 3 is 2.96 bits per heavy atom. The summed E-state index contributed by atoms with van der Waals surface area (Å²) in [6.45, 7) is 5.88. The maximum Gasteiger partial charge on any atom is 0.247 e. The Morgan fingerprint density at radius 1 is 1.52 bits per heavy atom. The van der Waals surface area contributed by atoms with Crippen molar-refractivity contribution in [2.24, 2.45) is 11.0 Å². The van der Waals surface area contributed by atoms with E-state index in [-0.39, 0.29) is 18.1 Å². The van der Waals surface area contributed by atoms with E-state index >= 15 is 0 Å². The molecule has 0 saturated carbocycles. The van der Waals surface area contributed by atoms with E-state index in [1.165, 1.54) is 6.21 Å². The van der Waals surface area contributed by atoms with E-state index in [0.717, 1.165) is 0 Å². The molecule has 0 aliphatic carbocycles. The number of phenols is 1. The van der Waals surface area contributed by atoms with E-state index in [9.17, 15) is 14.7 Å². The number of benzene rings is 1. The predicted octanol–water partition coefficient (Wildman–Crippen LogP) is 0.395. The molecule has 2 rings (SSSR count). The molecule has 4 N–H and O–H groups in total. The number of hydrazone groups is 1. The maximum atomic E-state index is 11.8. The molecule has 0 radical (unpaired) electrons. The molecule has 8 nitrogen and oxygen atoms in total. The lowest BCUT2D eigenvalue weighted by Crippen LogP contribution is -2.27. The van der Waals surface area contributed by atoms with Crippen LogP contribution in [0, 0.1) is 5.92 Å². The summed E-state index contributed by atoms with van der Waals surface area (Å²) < 4.78 is 5.26. The van der Waals surface area contributed by atoms with E-state index in [2.05, 4.69) is 28.0 Å². The second kappa shape index (κ2) is 7.30. The number of para-hydroxylation sites is 1. The second-order valence-electron chi connectivity index (χ2n) is 4.82. The molecule has 1 aliphatic heterocycles. The highest BCUT2D eigenvalue weighted by Gasteiger charge is 2.29. The van der Waals surface area contributed by atoms with Gasteiger partial charge in [0, 0.05) is 17.7 Å². The summed E-state index contributed by atoms with van der Waals surface area (Å²) >= 11 is 0. The number of ether oxygens (including phenoxy) is 1. The number of aromatic hydroxyl groups is 1. The van der Waals surface area contributed by atoms with E-state index in [1.807, 2.05) is 6.92 Å². The van der Waals surface area contributed by atoms with Gasteiger partial charge in [-0.1, -0.05) is 12.6 Å². The third-order valence-electron chi connectivity index (χ3n) is 3.20. The normalized spacial score (nSPS) is 17.0. The van der Waals surface area contributed by atoms with Crippen molar-refractivity contribution in [1.29, 1.82) is 0 Å². The van der Waals surface area contributed by atoms with E-state index in [0.29, 0.717) is 23.6 Å². The number of carbonyl (C=O) groups excluding carboxylic acids is 2. The lowest BCUT2D eigenvalue weighted by atomic mass is 10.0. The van der Waals surface area contributed by atoms with E-state index in [1.54, 1.807) is 18.2 Å². The molecular formula is C15H18N4O4. The van der Waals surface area contributed by atoms with Crippen molar-refractivity contribution in [3.8, 4) is 11.5 Å². The lowest BCUT2D eigenvalue weighted by Gasteiger charge is -2.07. The van der Waals surface area contributed by atoms with Crippen LogP contribution in [0.5, 0.6) is 11.5 Å². The van der Waals surface area contributed by atoms with Crippen molar-refractivity contribution >= 4 is 18.0 Å². The first-order chi connectivity index (χ1) is 11.0. The van der Waals surface area contributed by atoms with Gasteiger partial charge in [0.2, 0.25) is 11.8 Å². The van der Waals surface area contributed by atoms with Crippen LogP contribution in [0.4, 0.5) is 0 Å². The highest BCUT2D eigenvalue weighted by molar-refractivity contribution is 5.90. The third kappa shape index (κ3) is 4.00. The van der Waals surface area contributed by atoms with Gasteiger partial charge in [-0.25, -0.2) is 5.43 Å². The molecule has 1 saturated heterocycles. The Balaban J connectivity index is 1.94. The summed E-state index contributed by atoms with van der Waals surface area (Å²) in [5, 5.41) is 13.8. The molecule has 1 aromatic carbocycles. The topological polar surface area (TPSA) is 112 Å². The zero-order valence-electron chi connectivity index (χ0n) is 12.6. The average molecular weight is 318 g/mol. The molecule has 0 aromatic heterocycles. The lowest BCUT2D eigenvalue weighted by molar-refractivity contribution is -0.127. The van der Waals surface area contributed by atoms with Crippen LogP contribution in [-0.4, -0.2) is 29.7 Å². The Morgan fingerprint density at radius 2 is 2.30 bits per heavy atom. The van der Waals surface area contributed by atoms with Gasteiger partial charge >= 0.3 is 0 Å². The number of hydrazine groups is 1. The molecule has 1 fully saturated rings. The van der Waals surface area contributed by atoms with Crippen molar-refractivity contribution in [2.45, 2.75) is 13.3 Å². The number of nitrogens with one attached hydrogen (secondary N) is 3. The predicted molar refractivity (Wildman–Crippen MR) is 83.5 cm³/mol. The highest BCUT2D eigenvalue weighted by atomic mass is 16.5. The number of carbonyl (C=O) groups is 2.